The van der Waals surface area contributed by atoms with Gasteiger partial charge in [-0.15, -0.1) is 0 Å². The van der Waals surface area contributed by atoms with Gasteiger partial charge in [-0.1, -0.05) is 42.8 Å². The highest BCUT2D eigenvalue weighted by molar-refractivity contribution is 5.97. The quantitative estimate of drug-likeness (QED) is 0.322. The van der Waals surface area contributed by atoms with E-state index in [1.165, 1.54) is 43.7 Å². The van der Waals surface area contributed by atoms with Crippen molar-refractivity contribution >= 4 is 11.8 Å². The highest BCUT2D eigenvalue weighted by atomic mass is 16.5. The summed E-state index contributed by atoms with van der Waals surface area (Å²) in [5.74, 6) is 0.423. The van der Waals surface area contributed by atoms with Gasteiger partial charge in [-0.05, 0) is 66.8 Å². The Hall–Kier alpha value is -2.74. The zero-order chi connectivity index (χ0) is 22.7. The number of carbonyl (C=O) groups is 2. The summed E-state index contributed by atoms with van der Waals surface area (Å²) in [4.78, 5) is 24.0. The molecule has 5 N–H and O–H groups in total. The van der Waals surface area contributed by atoms with E-state index in [2.05, 4.69) is 34.9 Å². The fourth-order valence-corrected chi connectivity index (χ4v) is 5.07. The van der Waals surface area contributed by atoms with E-state index in [9.17, 15) is 14.7 Å². The van der Waals surface area contributed by atoms with E-state index in [4.69, 9.17) is 5.21 Å². The Bertz CT molecular complexity index is 943. The molecule has 0 aliphatic heterocycles. The monoisotopic (exact) mass is 437 g/mol. The van der Waals surface area contributed by atoms with Crippen molar-refractivity contribution in [2.45, 2.75) is 57.3 Å². The van der Waals surface area contributed by atoms with E-state index < -0.39 is 24.0 Å². The van der Waals surface area contributed by atoms with Crippen molar-refractivity contribution in [2.75, 3.05) is 0 Å². The number of benzene rings is 2. The van der Waals surface area contributed by atoms with Gasteiger partial charge in [0.05, 0.1) is 6.10 Å². The Morgan fingerprint density at radius 3 is 2.19 bits per heavy atom. The van der Waals surface area contributed by atoms with Gasteiger partial charge in [-0.2, -0.15) is 0 Å². The summed E-state index contributed by atoms with van der Waals surface area (Å²) >= 11 is 0. The summed E-state index contributed by atoms with van der Waals surface area (Å²) in [5.41, 5.74) is 5.11. The smallest absolute Gasteiger partial charge is 0.268 e. The van der Waals surface area contributed by atoms with E-state index in [0.717, 1.165) is 29.5 Å². The molecule has 2 bridgehead atoms. The minimum atomic E-state index is -1.24. The number of hydroxylamine groups is 1. The molecule has 2 amide bonds. The second-order valence-corrected chi connectivity index (χ2v) is 9.10. The summed E-state index contributed by atoms with van der Waals surface area (Å²) in [6, 6.07) is 14.9. The average Bonchev–Trinajstić information content (AvgIpc) is 3.44. The molecule has 0 radical (unpaired) electrons. The summed E-state index contributed by atoms with van der Waals surface area (Å²) in [7, 11) is 0. The largest absolute Gasteiger partial charge is 0.391 e. The molecular weight excluding hydrogens is 406 g/mol. The van der Waals surface area contributed by atoms with Gasteiger partial charge in [0, 0.05) is 18.2 Å². The lowest BCUT2D eigenvalue weighted by Crippen LogP contribution is -2.51. The Balaban J connectivity index is 1.34. The van der Waals surface area contributed by atoms with Crippen LogP contribution in [0.25, 0.3) is 11.1 Å². The first kappa shape index (κ1) is 22.5. The number of aliphatic hydroxyl groups is 1. The Labute approximate surface area is 188 Å². The van der Waals surface area contributed by atoms with Gasteiger partial charge in [0.15, 0.2) is 0 Å². The molecule has 2 saturated carbocycles. The standard InChI is InChI=1S/C25H31N3O4/c1-15(29)23(25(31)28-32)27-24(30)20-10-8-19(9-11-20)18-5-2-16(3-6-18)14-26-22-13-17-4-7-21(22)12-17/h2-3,5-6,8-11,15,17,21-23,26,29,32H,4,7,12-14H2,1H3,(H,27,30)(H,28,31)/t15-,17+,21-,22-,23+/m1/s1. The second kappa shape index (κ2) is 9.81. The minimum Gasteiger partial charge on any atom is -0.391 e. The van der Waals surface area contributed by atoms with Crippen LogP contribution in [0.5, 0.6) is 0 Å². The lowest BCUT2D eigenvalue weighted by Gasteiger charge is -2.23. The number of nitrogens with one attached hydrogen (secondary N) is 3. The number of aliphatic hydroxyl groups excluding tert-OH is 1. The number of carbonyl (C=O) groups excluding carboxylic acids is 2. The Morgan fingerprint density at radius 1 is 1.00 bits per heavy atom. The van der Waals surface area contributed by atoms with E-state index in [1.807, 2.05) is 12.1 Å². The molecule has 2 aliphatic rings. The van der Waals surface area contributed by atoms with Crippen molar-refractivity contribution in [3.8, 4) is 11.1 Å². The first-order valence-corrected chi connectivity index (χ1v) is 11.3. The number of hydrogen-bond donors (Lipinski definition) is 5. The van der Waals surface area contributed by atoms with Crippen LogP contribution in [0.1, 0.15) is 48.5 Å². The molecule has 170 valence electrons. The van der Waals surface area contributed by atoms with Crippen LogP contribution in [-0.4, -0.2) is 40.3 Å². The van der Waals surface area contributed by atoms with Gasteiger partial charge >= 0.3 is 0 Å². The molecule has 5 atom stereocenters. The average molecular weight is 438 g/mol. The maximum atomic E-state index is 12.4. The number of fused-ring (bicyclic) bond motifs is 2. The third-order valence-electron chi connectivity index (χ3n) is 6.90. The second-order valence-electron chi connectivity index (χ2n) is 9.10. The fraction of sp³-hybridized carbons (Fsp3) is 0.440. The Kier molecular flexibility index (Phi) is 6.89. The molecule has 7 nitrogen and oxygen atoms in total. The first-order chi connectivity index (χ1) is 15.4. The van der Waals surface area contributed by atoms with E-state index in [0.29, 0.717) is 11.6 Å². The topological polar surface area (TPSA) is 111 Å². The molecule has 0 unspecified atom stereocenters. The molecule has 4 rings (SSSR count). The van der Waals surface area contributed by atoms with Crippen molar-refractivity contribution in [3.05, 3.63) is 59.7 Å². The summed E-state index contributed by atoms with van der Waals surface area (Å²) in [5, 5.41) is 24.6. The van der Waals surface area contributed by atoms with Crippen LogP contribution in [0.4, 0.5) is 0 Å². The molecule has 2 aromatic rings. The first-order valence-electron chi connectivity index (χ1n) is 11.3. The SMILES string of the molecule is C[C@@H](O)[C@H](NC(=O)c1ccc(-c2ccc(CN[C@@H]3C[C@H]4CC[C@@H]3C4)cc2)cc1)C(=O)NO. The maximum absolute atomic E-state index is 12.4. The molecule has 32 heavy (non-hydrogen) atoms. The minimum absolute atomic E-state index is 0.358. The predicted molar refractivity (Wildman–Crippen MR) is 121 cm³/mol. The van der Waals surface area contributed by atoms with Crippen LogP contribution in [0.15, 0.2) is 48.5 Å². The summed E-state index contributed by atoms with van der Waals surface area (Å²) < 4.78 is 0. The summed E-state index contributed by atoms with van der Waals surface area (Å²) in [6.07, 6.45) is 4.37. The van der Waals surface area contributed by atoms with Crippen LogP contribution < -0.4 is 16.1 Å². The van der Waals surface area contributed by atoms with Gasteiger partial charge < -0.3 is 15.7 Å². The summed E-state index contributed by atoms with van der Waals surface area (Å²) in [6.45, 7) is 2.25. The predicted octanol–water partition coefficient (Wildman–Crippen LogP) is 2.62. The van der Waals surface area contributed by atoms with Gasteiger partial charge in [-0.25, -0.2) is 5.48 Å². The van der Waals surface area contributed by atoms with Crippen molar-refractivity contribution in [2.24, 2.45) is 11.8 Å². The van der Waals surface area contributed by atoms with E-state index in [-0.39, 0.29) is 0 Å². The van der Waals surface area contributed by atoms with Gasteiger partial charge in [0.1, 0.15) is 6.04 Å². The van der Waals surface area contributed by atoms with Crippen LogP contribution in [-0.2, 0) is 11.3 Å². The molecule has 7 heteroatoms. The zero-order valence-electron chi connectivity index (χ0n) is 18.3. The van der Waals surface area contributed by atoms with Gasteiger partial charge in [-0.3, -0.25) is 14.8 Å². The van der Waals surface area contributed by atoms with Crippen molar-refractivity contribution in [3.63, 3.8) is 0 Å². The van der Waals surface area contributed by atoms with Crippen LogP contribution in [0.2, 0.25) is 0 Å². The Morgan fingerprint density at radius 2 is 1.66 bits per heavy atom. The number of hydrogen-bond acceptors (Lipinski definition) is 5. The van der Waals surface area contributed by atoms with Crippen molar-refractivity contribution < 1.29 is 19.9 Å². The lowest BCUT2D eigenvalue weighted by molar-refractivity contribution is -0.133. The van der Waals surface area contributed by atoms with Crippen LogP contribution in [0, 0.1) is 11.8 Å². The molecule has 2 aliphatic carbocycles. The molecular formula is C25H31N3O4. The molecule has 2 fully saturated rings. The molecule has 0 spiro atoms. The van der Waals surface area contributed by atoms with E-state index in [1.54, 1.807) is 12.1 Å². The molecule has 0 aromatic heterocycles. The highest BCUT2D eigenvalue weighted by Gasteiger charge is 2.38. The van der Waals surface area contributed by atoms with E-state index >= 15 is 0 Å². The lowest BCUT2D eigenvalue weighted by atomic mass is 9.95. The molecule has 2 aromatic carbocycles. The molecule has 0 saturated heterocycles. The van der Waals surface area contributed by atoms with Crippen molar-refractivity contribution in [1.82, 2.24) is 16.1 Å². The maximum Gasteiger partial charge on any atom is 0.268 e. The normalized spacial score (nSPS) is 23.5. The molecule has 0 heterocycles. The third kappa shape index (κ3) is 5.01. The van der Waals surface area contributed by atoms with Crippen LogP contribution >= 0.6 is 0 Å². The number of rotatable bonds is 8. The zero-order valence-corrected chi connectivity index (χ0v) is 18.3. The third-order valence-corrected chi connectivity index (χ3v) is 6.90. The van der Waals surface area contributed by atoms with Crippen LogP contribution in [0.3, 0.4) is 0 Å². The number of amides is 2. The van der Waals surface area contributed by atoms with Gasteiger partial charge in [0.25, 0.3) is 11.8 Å². The highest BCUT2D eigenvalue weighted by Crippen LogP contribution is 2.44. The van der Waals surface area contributed by atoms with Gasteiger partial charge in [0.2, 0.25) is 0 Å². The van der Waals surface area contributed by atoms with Crippen molar-refractivity contribution in [1.29, 1.82) is 0 Å². The fourth-order valence-electron chi connectivity index (χ4n) is 5.07.